The summed E-state index contributed by atoms with van der Waals surface area (Å²) in [7, 11) is 1.67. The molecule has 0 bridgehead atoms. The summed E-state index contributed by atoms with van der Waals surface area (Å²) in [6, 6.07) is 0. The summed E-state index contributed by atoms with van der Waals surface area (Å²) >= 11 is 0. The number of ether oxygens (including phenoxy) is 1. The van der Waals surface area contributed by atoms with Crippen LogP contribution in [-0.2, 0) is 9.53 Å². The number of likely N-dealkylation sites (tertiary alicyclic amines) is 1. The van der Waals surface area contributed by atoms with Gasteiger partial charge in [0.1, 0.15) is 0 Å². The summed E-state index contributed by atoms with van der Waals surface area (Å²) in [6.45, 7) is 1.59. The zero-order valence-electron chi connectivity index (χ0n) is 6.75. The fourth-order valence-corrected chi connectivity index (χ4v) is 1.28. The van der Waals surface area contributed by atoms with Crippen molar-refractivity contribution in [2.24, 2.45) is 5.73 Å². The monoisotopic (exact) mass is 158 g/mol. The second kappa shape index (κ2) is 3.69. The SMILES string of the molecule is COC1CCN(C(=O)CN)C1. The Morgan fingerprint density at radius 1 is 1.82 bits per heavy atom. The number of methoxy groups -OCH3 is 1. The van der Waals surface area contributed by atoms with E-state index >= 15 is 0 Å². The van der Waals surface area contributed by atoms with Crippen LogP contribution in [0.1, 0.15) is 6.42 Å². The van der Waals surface area contributed by atoms with E-state index in [1.807, 2.05) is 0 Å². The molecule has 0 aromatic carbocycles. The maximum atomic E-state index is 11.0. The molecule has 0 aromatic heterocycles. The zero-order chi connectivity index (χ0) is 8.27. The molecule has 1 saturated heterocycles. The average molecular weight is 158 g/mol. The fourth-order valence-electron chi connectivity index (χ4n) is 1.28. The van der Waals surface area contributed by atoms with Gasteiger partial charge in [0.2, 0.25) is 5.91 Å². The van der Waals surface area contributed by atoms with Crippen LogP contribution in [0.25, 0.3) is 0 Å². The van der Waals surface area contributed by atoms with E-state index in [4.69, 9.17) is 10.5 Å². The van der Waals surface area contributed by atoms with Crippen LogP contribution < -0.4 is 5.73 Å². The molecule has 1 atom stereocenters. The van der Waals surface area contributed by atoms with Crippen molar-refractivity contribution < 1.29 is 9.53 Å². The van der Waals surface area contributed by atoms with E-state index in [-0.39, 0.29) is 18.6 Å². The predicted octanol–water partition coefficient (Wildman–Crippen LogP) is -0.808. The highest BCUT2D eigenvalue weighted by atomic mass is 16.5. The van der Waals surface area contributed by atoms with Crippen molar-refractivity contribution >= 4 is 5.91 Å². The van der Waals surface area contributed by atoms with Gasteiger partial charge in [-0.2, -0.15) is 0 Å². The summed E-state index contributed by atoms with van der Waals surface area (Å²) in [5, 5.41) is 0. The van der Waals surface area contributed by atoms with Gasteiger partial charge < -0.3 is 15.4 Å². The molecule has 1 aliphatic rings. The van der Waals surface area contributed by atoms with E-state index in [0.29, 0.717) is 6.54 Å². The van der Waals surface area contributed by atoms with Gasteiger partial charge in [-0.05, 0) is 6.42 Å². The summed E-state index contributed by atoms with van der Waals surface area (Å²) in [5.74, 6) is 0.0181. The van der Waals surface area contributed by atoms with Crippen LogP contribution in [0.4, 0.5) is 0 Å². The van der Waals surface area contributed by atoms with Gasteiger partial charge >= 0.3 is 0 Å². The van der Waals surface area contributed by atoms with Gasteiger partial charge in [0, 0.05) is 20.2 Å². The molecule has 1 fully saturated rings. The smallest absolute Gasteiger partial charge is 0.236 e. The van der Waals surface area contributed by atoms with E-state index in [0.717, 1.165) is 13.0 Å². The van der Waals surface area contributed by atoms with Crippen LogP contribution in [0.5, 0.6) is 0 Å². The number of amides is 1. The quantitative estimate of drug-likeness (QED) is 0.572. The van der Waals surface area contributed by atoms with Crippen LogP contribution in [0.3, 0.4) is 0 Å². The molecule has 4 nitrogen and oxygen atoms in total. The molecule has 64 valence electrons. The van der Waals surface area contributed by atoms with Gasteiger partial charge in [-0.15, -0.1) is 0 Å². The summed E-state index contributed by atoms with van der Waals surface area (Å²) in [4.78, 5) is 12.8. The topological polar surface area (TPSA) is 55.6 Å². The minimum Gasteiger partial charge on any atom is -0.380 e. The van der Waals surface area contributed by atoms with Crippen LogP contribution in [0.2, 0.25) is 0 Å². The van der Waals surface area contributed by atoms with Gasteiger partial charge in [-0.3, -0.25) is 4.79 Å². The normalized spacial score (nSPS) is 24.2. The Morgan fingerprint density at radius 2 is 2.55 bits per heavy atom. The Kier molecular flexibility index (Phi) is 2.84. The van der Waals surface area contributed by atoms with E-state index in [1.165, 1.54) is 0 Å². The summed E-state index contributed by atoms with van der Waals surface area (Å²) in [6.07, 6.45) is 1.15. The van der Waals surface area contributed by atoms with Crippen LogP contribution in [0, 0.1) is 0 Å². The number of rotatable bonds is 2. The van der Waals surface area contributed by atoms with Crippen molar-refractivity contribution in [2.75, 3.05) is 26.7 Å². The molecule has 2 N–H and O–H groups in total. The third kappa shape index (κ3) is 1.91. The molecule has 1 unspecified atom stereocenters. The minimum absolute atomic E-state index is 0.0181. The van der Waals surface area contributed by atoms with E-state index in [1.54, 1.807) is 12.0 Å². The third-order valence-corrected chi connectivity index (χ3v) is 2.01. The lowest BCUT2D eigenvalue weighted by atomic mass is 10.3. The van der Waals surface area contributed by atoms with Crippen molar-refractivity contribution in [3.05, 3.63) is 0 Å². The van der Waals surface area contributed by atoms with Crippen molar-refractivity contribution in [3.8, 4) is 0 Å². The standard InChI is InChI=1S/C7H14N2O2/c1-11-6-2-3-9(5-6)7(10)4-8/h6H,2-5,8H2,1H3. The predicted molar refractivity (Wildman–Crippen MR) is 41.0 cm³/mol. The molecule has 11 heavy (non-hydrogen) atoms. The molecule has 0 aliphatic carbocycles. The zero-order valence-corrected chi connectivity index (χ0v) is 6.75. The van der Waals surface area contributed by atoms with Gasteiger partial charge in [0.15, 0.2) is 0 Å². The van der Waals surface area contributed by atoms with Gasteiger partial charge in [-0.1, -0.05) is 0 Å². The Hall–Kier alpha value is -0.610. The van der Waals surface area contributed by atoms with Crippen LogP contribution >= 0.6 is 0 Å². The highest BCUT2D eigenvalue weighted by molar-refractivity contribution is 5.78. The largest absolute Gasteiger partial charge is 0.380 e. The van der Waals surface area contributed by atoms with Gasteiger partial charge in [0.25, 0.3) is 0 Å². The molecule has 1 aliphatic heterocycles. The highest BCUT2D eigenvalue weighted by Gasteiger charge is 2.24. The molecular weight excluding hydrogens is 144 g/mol. The first-order valence-electron chi connectivity index (χ1n) is 3.78. The molecule has 1 amide bonds. The molecular formula is C7H14N2O2. The molecule has 1 rings (SSSR count). The van der Waals surface area contributed by atoms with Crippen molar-refractivity contribution in [2.45, 2.75) is 12.5 Å². The maximum absolute atomic E-state index is 11.0. The first kappa shape index (κ1) is 8.49. The van der Waals surface area contributed by atoms with Crippen LogP contribution in [0.15, 0.2) is 0 Å². The lowest BCUT2D eigenvalue weighted by molar-refractivity contribution is -0.129. The second-order valence-corrected chi connectivity index (χ2v) is 2.69. The van der Waals surface area contributed by atoms with Gasteiger partial charge in [-0.25, -0.2) is 0 Å². The molecule has 0 saturated carbocycles. The Labute approximate surface area is 66.3 Å². The first-order valence-corrected chi connectivity index (χ1v) is 3.78. The average Bonchev–Trinajstić information content (AvgIpc) is 2.50. The Morgan fingerprint density at radius 3 is 3.00 bits per heavy atom. The summed E-state index contributed by atoms with van der Waals surface area (Å²) in [5.41, 5.74) is 5.21. The van der Waals surface area contributed by atoms with Crippen molar-refractivity contribution in [1.82, 2.24) is 4.90 Å². The van der Waals surface area contributed by atoms with Gasteiger partial charge in [0.05, 0.1) is 12.6 Å². The Balaban J connectivity index is 2.35. The second-order valence-electron chi connectivity index (χ2n) is 2.69. The fraction of sp³-hybridized carbons (Fsp3) is 0.857. The molecule has 0 spiro atoms. The van der Waals surface area contributed by atoms with E-state index in [9.17, 15) is 4.79 Å². The van der Waals surface area contributed by atoms with Crippen molar-refractivity contribution in [3.63, 3.8) is 0 Å². The third-order valence-electron chi connectivity index (χ3n) is 2.01. The Bertz CT molecular complexity index is 149. The highest BCUT2D eigenvalue weighted by Crippen LogP contribution is 2.10. The van der Waals surface area contributed by atoms with Crippen molar-refractivity contribution in [1.29, 1.82) is 0 Å². The van der Waals surface area contributed by atoms with Crippen LogP contribution in [-0.4, -0.2) is 43.7 Å². The number of hydrogen-bond acceptors (Lipinski definition) is 3. The van der Waals surface area contributed by atoms with E-state index < -0.39 is 0 Å². The lowest BCUT2D eigenvalue weighted by Crippen LogP contribution is -2.34. The molecule has 1 heterocycles. The lowest BCUT2D eigenvalue weighted by Gasteiger charge is -2.14. The maximum Gasteiger partial charge on any atom is 0.236 e. The minimum atomic E-state index is 0.0181. The number of carbonyl (C=O) groups excluding carboxylic acids is 1. The molecule has 0 radical (unpaired) electrons. The summed E-state index contributed by atoms with van der Waals surface area (Å²) < 4.78 is 5.10. The number of nitrogens with zero attached hydrogens (tertiary/aromatic N) is 1. The molecule has 0 aromatic rings. The molecule has 4 heteroatoms. The number of hydrogen-bond donors (Lipinski definition) is 1. The number of carbonyl (C=O) groups is 1. The van der Waals surface area contributed by atoms with E-state index in [2.05, 4.69) is 0 Å². The number of nitrogens with two attached hydrogens (primary N) is 1. The first-order chi connectivity index (χ1) is 5.27.